The summed E-state index contributed by atoms with van der Waals surface area (Å²) in [6.45, 7) is 3.64. The van der Waals surface area contributed by atoms with E-state index in [1.165, 1.54) is 0 Å². The lowest BCUT2D eigenvalue weighted by molar-refractivity contribution is 0.0696. The molecule has 0 aliphatic carbocycles. The van der Waals surface area contributed by atoms with Crippen molar-refractivity contribution in [3.8, 4) is 0 Å². The number of rotatable bonds is 2. The second-order valence-electron chi connectivity index (χ2n) is 3.17. The zero-order valence-electron chi connectivity index (χ0n) is 8.15. The zero-order valence-corrected chi connectivity index (χ0v) is 8.97. The monoisotopic (exact) mass is 215 g/mol. The van der Waals surface area contributed by atoms with E-state index in [1.54, 1.807) is 19.1 Å². The first-order valence-electron chi connectivity index (χ1n) is 4.12. The molecule has 0 radical (unpaired) electrons. The van der Waals surface area contributed by atoms with Gasteiger partial charge in [0.2, 0.25) is 0 Å². The van der Waals surface area contributed by atoms with Gasteiger partial charge in [-0.3, -0.25) is 0 Å². The van der Waals surface area contributed by atoms with Gasteiger partial charge in [-0.2, -0.15) is 0 Å². The molecule has 0 amide bonds. The van der Waals surface area contributed by atoms with E-state index in [9.17, 15) is 4.79 Å². The number of halogens is 1. The Hall–Kier alpha value is -1.06. The number of benzene rings is 1. The van der Waals surface area contributed by atoms with Crippen LogP contribution < -0.4 is 5.73 Å². The van der Waals surface area contributed by atoms with E-state index in [0.29, 0.717) is 5.56 Å². The Kier molecular flexibility index (Phi) is 4.60. The van der Waals surface area contributed by atoms with Crippen LogP contribution in [0.3, 0.4) is 0 Å². The fraction of sp³-hybridized carbons (Fsp3) is 0.300. The molecule has 4 heteroatoms. The van der Waals surface area contributed by atoms with Crippen LogP contribution in [0.25, 0.3) is 0 Å². The number of hydrogen-bond acceptors (Lipinski definition) is 2. The van der Waals surface area contributed by atoms with Crippen molar-refractivity contribution >= 4 is 18.4 Å². The Morgan fingerprint density at radius 3 is 2.43 bits per heavy atom. The maximum atomic E-state index is 10.7. The first-order valence-corrected chi connectivity index (χ1v) is 4.12. The third-order valence-electron chi connectivity index (χ3n) is 2.01. The number of nitrogens with two attached hydrogens (primary N) is 1. The van der Waals surface area contributed by atoms with Gasteiger partial charge in [0.05, 0.1) is 5.56 Å². The van der Waals surface area contributed by atoms with Crippen molar-refractivity contribution in [3.05, 3.63) is 34.9 Å². The molecule has 1 aromatic carbocycles. The maximum Gasteiger partial charge on any atom is 0.335 e. The minimum atomic E-state index is -0.895. The maximum absolute atomic E-state index is 10.7. The van der Waals surface area contributed by atoms with Gasteiger partial charge in [0, 0.05) is 6.04 Å². The molecular formula is C10H14ClNO2. The SMILES string of the molecule is Cc1cc([C@@H](C)N)ccc1C(=O)O.Cl. The van der Waals surface area contributed by atoms with Crippen LogP contribution in [0.2, 0.25) is 0 Å². The second-order valence-corrected chi connectivity index (χ2v) is 3.17. The van der Waals surface area contributed by atoms with Crippen molar-refractivity contribution in [1.29, 1.82) is 0 Å². The summed E-state index contributed by atoms with van der Waals surface area (Å²) in [5.74, 6) is -0.895. The summed E-state index contributed by atoms with van der Waals surface area (Å²) in [6, 6.07) is 5.10. The Balaban J connectivity index is 0.00000169. The first kappa shape index (κ1) is 12.9. The van der Waals surface area contributed by atoms with Gasteiger partial charge in [0.1, 0.15) is 0 Å². The van der Waals surface area contributed by atoms with Crippen LogP contribution in [0.4, 0.5) is 0 Å². The standard InChI is InChI=1S/C10H13NO2.ClH/c1-6-5-8(7(2)11)3-4-9(6)10(12)13;/h3-5,7H,11H2,1-2H3,(H,12,13);1H/t7-;/m1./s1. The highest BCUT2D eigenvalue weighted by molar-refractivity contribution is 5.89. The van der Waals surface area contributed by atoms with E-state index in [-0.39, 0.29) is 18.4 Å². The van der Waals surface area contributed by atoms with Gasteiger partial charge in [0.25, 0.3) is 0 Å². The molecule has 3 nitrogen and oxygen atoms in total. The molecule has 0 aliphatic heterocycles. The van der Waals surface area contributed by atoms with E-state index >= 15 is 0 Å². The largest absolute Gasteiger partial charge is 0.478 e. The highest BCUT2D eigenvalue weighted by Gasteiger charge is 2.08. The second kappa shape index (κ2) is 4.98. The fourth-order valence-corrected chi connectivity index (χ4v) is 1.21. The van der Waals surface area contributed by atoms with Crippen LogP contribution in [-0.4, -0.2) is 11.1 Å². The molecular weight excluding hydrogens is 202 g/mol. The van der Waals surface area contributed by atoms with Gasteiger partial charge in [-0.15, -0.1) is 12.4 Å². The molecule has 1 atom stereocenters. The molecule has 0 saturated carbocycles. The summed E-state index contributed by atoms with van der Waals surface area (Å²) in [6.07, 6.45) is 0. The predicted molar refractivity (Wildman–Crippen MR) is 58.0 cm³/mol. The highest BCUT2D eigenvalue weighted by atomic mass is 35.5. The average Bonchev–Trinajstić information content (AvgIpc) is 2.03. The molecule has 0 unspecified atom stereocenters. The number of hydrogen-bond donors (Lipinski definition) is 2. The zero-order chi connectivity index (χ0) is 10.0. The average molecular weight is 216 g/mol. The molecule has 0 saturated heterocycles. The molecule has 0 fully saturated rings. The Morgan fingerprint density at radius 2 is 2.07 bits per heavy atom. The van der Waals surface area contributed by atoms with E-state index < -0.39 is 5.97 Å². The summed E-state index contributed by atoms with van der Waals surface area (Å²) in [5, 5.41) is 8.76. The minimum Gasteiger partial charge on any atom is -0.478 e. The van der Waals surface area contributed by atoms with Gasteiger partial charge in [0.15, 0.2) is 0 Å². The van der Waals surface area contributed by atoms with Crippen molar-refractivity contribution in [2.75, 3.05) is 0 Å². The Bertz CT molecular complexity index is 337. The molecule has 0 heterocycles. The van der Waals surface area contributed by atoms with Crippen molar-refractivity contribution in [2.24, 2.45) is 5.73 Å². The minimum absolute atomic E-state index is 0. The number of carboxylic acid groups (broad SMARTS) is 1. The van der Waals surface area contributed by atoms with Crippen molar-refractivity contribution in [2.45, 2.75) is 19.9 Å². The van der Waals surface area contributed by atoms with Gasteiger partial charge >= 0.3 is 5.97 Å². The Labute approximate surface area is 89.3 Å². The molecule has 0 aliphatic rings. The molecule has 1 rings (SSSR count). The van der Waals surface area contributed by atoms with E-state index in [2.05, 4.69) is 0 Å². The van der Waals surface area contributed by atoms with E-state index in [0.717, 1.165) is 11.1 Å². The first-order chi connectivity index (χ1) is 6.02. The van der Waals surface area contributed by atoms with Gasteiger partial charge in [-0.1, -0.05) is 12.1 Å². The third-order valence-corrected chi connectivity index (χ3v) is 2.01. The van der Waals surface area contributed by atoms with Crippen molar-refractivity contribution in [3.63, 3.8) is 0 Å². The van der Waals surface area contributed by atoms with Gasteiger partial charge in [-0.25, -0.2) is 4.79 Å². The number of aromatic carboxylic acids is 1. The summed E-state index contributed by atoms with van der Waals surface area (Å²) >= 11 is 0. The molecule has 0 bridgehead atoms. The van der Waals surface area contributed by atoms with Gasteiger partial charge in [-0.05, 0) is 31.0 Å². The molecule has 3 N–H and O–H groups in total. The van der Waals surface area contributed by atoms with Crippen LogP contribution in [-0.2, 0) is 0 Å². The van der Waals surface area contributed by atoms with Crippen LogP contribution >= 0.6 is 12.4 Å². The van der Waals surface area contributed by atoms with Crippen molar-refractivity contribution in [1.82, 2.24) is 0 Å². The lowest BCUT2D eigenvalue weighted by Gasteiger charge is -2.07. The molecule has 1 aromatic rings. The van der Waals surface area contributed by atoms with Crippen LogP contribution in [0, 0.1) is 6.92 Å². The van der Waals surface area contributed by atoms with Crippen LogP contribution in [0.5, 0.6) is 0 Å². The normalized spacial score (nSPS) is 11.6. The predicted octanol–water partition coefficient (Wildman–Crippen LogP) is 2.13. The number of aryl methyl sites for hydroxylation is 1. The lowest BCUT2D eigenvalue weighted by atomic mass is 10.0. The highest BCUT2D eigenvalue weighted by Crippen LogP contribution is 2.15. The van der Waals surface area contributed by atoms with Crippen molar-refractivity contribution < 1.29 is 9.90 Å². The lowest BCUT2D eigenvalue weighted by Crippen LogP contribution is -2.07. The topological polar surface area (TPSA) is 63.3 Å². The third kappa shape index (κ3) is 2.72. The fourth-order valence-electron chi connectivity index (χ4n) is 1.21. The summed E-state index contributed by atoms with van der Waals surface area (Å²) < 4.78 is 0. The Morgan fingerprint density at radius 1 is 1.50 bits per heavy atom. The van der Waals surface area contributed by atoms with Gasteiger partial charge < -0.3 is 10.8 Å². The molecule has 14 heavy (non-hydrogen) atoms. The number of carboxylic acids is 1. The molecule has 0 spiro atoms. The molecule has 78 valence electrons. The molecule has 0 aromatic heterocycles. The number of carbonyl (C=O) groups is 1. The summed E-state index contributed by atoms with van der Waals surface area (Å²) in [5.41, 5.74) is 7.71. The summed E-state index contributed by atoms with van der Waals surface area (Å²) in [4.78, 5) is 10.7. The smallest absolute Gasteiger partial charge is 0.335 e. The summed E-state index contributed by atoms with van der Waals surface area (Å²) in [7, 11) is 0. The van der Waals surface area contributed by atoms with E-state index in [1.807, 2.05) is 13.0 Å². The van der Waals surface area contributed by atoms with Crippen LogP contribution in [0.15, 0.2) is 18.2 Å². The van der Waals surface area contributed by atoms with E-state index in [4.69, 9.17) is 10.8 Å². The van der Waals surface area contributed by atoms with Crippen LogP contribution in [0.1, 0.15) is 34.5 Å². The quantitative estimate of drug-likeness (QED) is 0.795.